The van der Waals surface area contributed by atoms with Crippen molar-refractivity contribution in [3.05, 3.63) is 12.7 Å². The van der Waals surface area contributed by atoms with E-state index in [-0.39, 0.29) is 12.5 Å². The molecule has 0 aromatic heterocycles. The van der Waals surface area contributed by atoms with E-state index in [1.807, 2.05) is 6.92 Å². The highest BCUT2D eigenvalue weighted by Crippen LogP contribution is 2.22. The summed E-state index contributed by atoms with van der Waals surface area (Å²) in [6.45, 7) is 5.84. The third kappa shape index (κ3) is 2.51. The van der Waals surface area contributed by atoms with Gasteiger partial charge in [-0.05, 0) is 0 Å². The van der Waals surface area contributed by atoms with Crippen molar-refractivity contribution in [1.29, 1.82) is 0 Å². The molecule has 0 aromatic carbocycles. The monoisotopic (exact) mass is 188 g/mol. The molecule has 0 bridgehead atoms. The summed E-state index contributed by atoms with van der Waals surface area (Å²) >= 11 is 0. The Kier molecular flexibility index (Phi) is 3.87. The van der Waals surface area contributed by atoms with Crippen LogP contribution in [-0.4, -0.2) is 41.9 Å². The predicted molar refractivity (Wildman–Crippen MR) is 47.1 cm³/mol. The van der Waals surface area contributed by atoms with E-state index in [1.165, 1.54) is 0 Å². The van der Waals surface area contributed by atoms with Crippen LogP contribution in [0.4, 0.5) is 0 Å². The number of ether oxygens (including phenoxy) is 2. The maximum Gasteiger partial charge on any atom is 0.181 e. The first kappa shape index (κ1) is 10.7. The Balaban J connectivity index is 2.50. The summed E-state index contributed by atoms with van der Waals surface area (Å²) in [5.74, 6) is -0.122. The van der Waals surface area contributed by atoms with Gasteiger partial charge in [0.05, 0.1) is 19.3 Å². The van der Waals surface area contributed by atoms with E-state index in [9.17, 15) is 10.2 Å². The van der Waals surface area contributed by atoms with E-state index in [4.69, 9.17) is 9.47 Å². The Labute approximate surface area is 77.8 Å². The van der Waals surface area contributed by atoms with E-state index in [1.54, 1.807) is 6.08 Å². The van der Waals surface area contributed by atoms with E-state index >= 15 is 0 Å². The summed E-state index contributed by atoms with van der Waals surface area (Å²) in [6, 6.07) is 0. The van der Waals surface area contributed by atoms with Crippen molar-refractivity contribution < 1.29 is 19.7 Å². The molecule has 1 aliphatic heterocycles. The highest BCUT2D eigenvalue weighted by atomic mass is 16.6. The molecule has 1 heterocycles. The molecule has 76 valence electrons. The molecule has 4 atom stereocenters. The van der Waals surface area contributed by atoms with Crippen molar-refractivity contribution in [3.8, 4) is 0 Å². The Bertz CT molecular complexity index is 171. The minimum Gasteiger partial charge on any atom is -0.390 e. The minimum atomic E-state index is -0.946. The quantitative estimate of drug-likeness (QED) is 0.607. The lowest BCUT2D eigenvalue weighted by atomic mass is 9.95. The average Bonchev–Trinajstić information content (AvgIpc) is 2.12. The summed E-state index contributed by atoms with van der Waals surface area (Å²) in [7, 11) is 0. The Hall–Kier alpha value is -0.420. The number of hydrogen-bond acceptors (Lipinski definition) is 4. The highest BCUT2D eigenvalue weighted by molar-refractivity contribution is 4.81. The van der Waals surface area contributed by atoms with Gasteiger partial charge < -0.3 is 19.7 Å². The fraction of sp³-hybridized carbons (Fsp3) is 0.778. The van der Waals surface area contributed by atoms with Gasteiger partial charge in [-0.1, -0.05) is 13.0 Å². The van der Waals surface area contributed by atoms with E-state index in [2.05, 4.69) is 6.58 Å². The topological polar surface area (TPSA) is 58.9 Å². The van der Waals surface area contributed by atoms with Gasteiger partial charge in [-0.2, -0.15) is 0 Å². The summed E-state index contributed by atoms with van der Waals surface area (Å²) in [5.41, 5.74) is 0. The van der Waals surface area contributed by atoms with E-state index in [0.717, 1.165) is 0 Å². The maximum atomic E-state index is 9.42. The van der Waals surface area contributed by atoms with Gasteiger partial charge >= 0.3 is 0 Å². The van der Waals surface area contributed by atoms with Gasteiger partial charge in [-0.3, -0.25) is 0 Å². The zero-order chi connectivity index (χ0) is 9.84. The summed E-state index contributed by atoms with van der Waals surface area (Å²) in [5, 5.41) is 18.8. The third-order valence-electron chi connectivity index (χ3n) is 2.25. The third-order valence-corrected chi connectivity index (χ3v) is 2.25. The molecule has 0 spiro atoms. The van der Waals surface area contributed by atoms with Crippen molar-refractivity contribution in [1.82, 2.24) is 0 Å². The molecule has 13 heavy (non-hydrogen) atoms. The Morgan fingerprint density at radius 2 is 2.31 bits per heavy atom. The van der Waals surface area contributed by atoms with Crippen molar-refractivity contribution >= 4 is 0 Å². The molecule has 0 radical (unpaired) electrons. The maximum absolute atomic E-state index is 9.42. The molecular formula is C9H16O4. The molecule has 4 nitrogen and oxygen atoms in total. The van der Waals surface area contributed by atoms with Crippen LogP contribution in [0.2, 0.25) is 0 Å². The van der Waals surface area contributed by atoms with Gasteiger partial charge in [0.1, 0.15) is 6.10 Å². The van der Waals surface area contributed by atoms with Crippen LogP contribution in [0.3, 0.4) is 0 Å². The molecule has 0 saturated carbocycles. The lowest BCUT2D eigenvalue weighted by molar-refractivity contribution is -0.244. The zero-order valence-corrected chi connectivity index (χ0v) is 7.72. The normalized spacial score (nSPS) is 40.2. The van der Waals surface area contributed by atoms with Gasteiger partial charge in [-0.15, -0.1) is 6.58 Å². The molecule has 0 aromatic rings. The second-order valence-corrected chi connectivity index (χ2v) is 3.24. The molecule has 2 unspecified atom stereocenters. The van der Waals surface area contributed by atoms with Crippen LogP contribution in [0.5, 0.6) is 0 Å². The van der Waals surface area contributed by atoms with Gasteiger partial charge in [-0.25, -0.2) is 0 Å². The molecule has 1 saturated heterocycles. The first-order valence-corrected chi connectivity index (χ1v) is 4.37. The number of aliphatic hydroxyl groups excluding tert-OH is 2. The molecule has 2 N–H and O–H groups in total. The summed E-state index contributed by atoms with van der Waals surface area (Å²) < 4.78 is 10.2. The second kappa shape index (κ2) is 4.72. The molecular weight excluding hydrogens is 172 g/mol. The average molecular weight is 188 g/mol. The van der Waals surface area contributed by atoms with Gasteiger partial charge in [0, 0.05) is 5.92 Å². The SMILES string of the molecule is C=CCOC1C(C)[C@H](O)CO[C@H]1O. The van der Waals surface area contributed by atoms with Gasteiger partial charge in [0.15, 0.2) is 6.29 Å². The Morgan fingerprint density at radius 1 is 1.62 bits per heavy atom. The second-order valence-electron chi connectivity index (χ2n) is 3.24. The molecule has 1 fully saturated rings. The Morgan fingerprint density at radius 3 is 2.92 bits per heavy atom. The van der Waals surface area contributed by atoms with Crippen molar-refractivity contribution in [3.63, 3.8) is 0 Å². The van der Waals surface area contributed by atoms with Crippen molar-refractivity contribution in [2.75, 3.05) is 13.2 Å². The number of hydrogen-bond donors (Lipinski definition) is 2. The van der Waals surface area contributed by atoms with Crippen molar-refractivity contribution in [2.45, 2.75) is 25.4 Å². The molecule has 1 aliphatic rings. The van der Waals surface area contributed by atoms with Gasteiger partial charge in [0.2, 0.25) is 0 Å². The number of aliphatic hydroxyl groups is 2. The largest absolute Gasteiger partial charge is 0.390 e. The summed E-state index contributed by atoms with van der Waals surface area (Å²) in [6.07, 6.45) is -0.390. The van der Waals surface area contributed by atoms with E-state index in [0.29, 0.717) is 6.61 Å². The highest BCUT2D eigenvalue weighted by Gasteiger charge is 2.36. The molecule has 0 aliphatic carbocycles. The van der Waals surface area contributed by atoms with Crippen molar-refractivity contribution in [2.24, 2.45) is 5.92 Å². The van der Waals surface area contributed by atoms with E-state index < -0.39 is 18.5 Å². The summed E-state index contributed by atoms with van der Waals surface area (Å²) in [4.78, 5) is 0. The predicted octanol–water partition coefficient (Wildman–Crippen LogP) is -0.0968. The lowest BCUT2D eigenvalue weighted by Crippen LogP contribution is -2.49. The number of rotatable bonds is 3. The van der Waals surface area contributed by atoms with Crippen LogP contribution in [0.25, 0.3) is 0 Å². The molecule has 0 amide bonds. The molecule has 1 rings (SSSR count). The van der Waals surface area contributed by atoms with Crippen LogP contribution in [0, 0.1) is 5.92 Å². The zero-order valence-electron chi connectivity index (χ0n) is 7.72. The molecule has 4 heteroatoms. The van der Waals surface area contributed by atoms with Crippen LogP contribution >= 0.6 is 0 Å². The lowest BCUT2D eigenvalue weighted by Gasteiger charge is -2.36. The van der Waals surface area contributed by atoms with Crippen LogP contribution in [0.15, 0.2) is 12.7 Å². The van der Waals surface area contributed by atoms with Gasteiger partial charge in [0.25, 0.3) is 0 Å². The minimum absolute atomic E-state index is 0.122. The van der Waals surface area contributed by atoms with Crippen LogP contribution < -0.4 is 0 Å². The first-order chi connectivity index (χ1) is 6.16. The fourth-order valence-corrected chi connectivity index (χ4v) is 1.34. The standard InChI is InChI=1S/C9H16O4/c1-3-4-12-8-6(2)7(10)5-13-9(8)11/h3,6-11H,1,4-5H2,2H3/t6?,7-,8?,9-/m1/s1. The van der Waals surface area contributed by atoms with Crippen LogP contribution in [-0.2, 0) is 9.47 Å². The van der Waals surface area contributed by atoms with Crippen LogP contribution in [0.1, 0.15) is 6.92 Å². The first-order valence-electron chi connectivity index (χ1n) is 4.37. The smallest absolute Gasteiger partial charge is 0.181 e. The fourth-order valence-electron chi connectivity index (χ4n) is 1.34.